The van der Waals surface area contributed by atoms with Gasteiger partial charge in [-0.3, -0.25) is 37.3 Å². The summed E-state index contributed by atoms with van der Waals surface area (Å²) in [5, 5.41) is 10.6. The number of ether oxygens (including phenoxy) is 4. The first-order valence-electron chi connectivity index (χ1n) is 37.5. The van der Waals surface area contributed by atoms with Crippen LogP contribution in [-0.4, -0.2) is 96.7 Å². The largest absolute Gasteiger partial charge is 0.472 e. The van der Waals surface area contributed by atoms with E-state index < -0.39 is 97.5 Å². The second-order valence-electron chi connectivity index (χ2n) is 26.7. The molecule has 0 fully saturated rings. The highest BCUT2D eigenvalue weighted by Gasteiger charge is 2.30. The molecule has 0 amide bonds. The van der Waals surface area contributed by atoms with Gasteiger partial charge in [0.2, 0.25) is 0 Å². The lowest BCUT2D eigenvalue weighted by Crippen LogP contribution is -2.30. The van der Waals surface area contributed by atoms with Crippen LogP contribution < -0.4 is 0 Å². The topological polar surface area (TPSA) is 237 Å². The van der Waals surface area contributed by atoms with Gasteiger partial charge < -0.3 is 33.8 Å². The van der Waals surface area contributed by atoms with Crippen LogP contribution in [0.15, 0.2) is 0 Å². The third kappa shape index (κ3) is 65.1. The number of hydrogen-bond donors (Lipinski definition) is 3. The molecule has 0 aromatic rings. The van der Waals surface area contributed by atoms with Crippen molar-refractivity contribution < 1.29 is 80.2 Å². The Kier molecular flexibility index (Phi) is 62.7. The number of aliphatic hydroxyl groups excluding tert-OH is 1. The summed E-state index contributed by atoms with van der Waals surface area (Å²) in [6.45, 7) is 9.52. The third-order valence-corrected chi connectivity index (χ3v) is 19.0. The van der Waals surface area contributed by atoms with Crippen LogP contribution in [0.5, 0.6) is 0 Å². The highest BCUT2D eigenvalue weighted by Crippen LogP contribution is 2.45. The first-order chi connectivity index (χ1) is 43.9. The smallest absolute Gasteiger partial charge is 0.462 e. The molecule has 0 aliphatic rings. The fourth-order valence-corrected chi connectivity index (χ4v) is 12.5. The second-order valence-corrected chi connectivity index (χ2v) is 29.6. The molecule has 0 spiro atoms. The van der Waals surface area contributed by atoms with Crippen molar-refractivity contribution in [3.05, 3.63) is 0 Å². The molecular formula is C72H140O17P2. The average Bonchev–Trinajstić information content (AvgIpc) is 3.25. The van der Waals surface area contributed by atoms with Crippen molar-refractivity contribution in [2.75, 3.05) is 39.6 Å². The van der Waals surface area contributed by atoms with Gasteiger partial charge >= 0.3 is 39.5 Å². The van der Waals surface area contributed by atoms with Gasteiger partial charge in [-0.15, -0.1) is 0 Å². The van der Waals surface area contributed by atoms with Crippen LogP contribution in [0.3, 0.4) is 0 Å². The zero-order valence-electron chi connectivity index (χ0n) is 59.1. The fraction of sp³-hybridized carbons (Fsp3) is 0.944. The van der Waals surface area contributed by atoms with Crippen molar-refractivity contribution in [2.24, 2.45) is 11.8 Å². The van der Waals surface area contributed by atoms with Gasteiger partial charge in [0.15, 0.2) is 12.2 Å². The summed E-state index contributed by atoms with van der Waals surface area (Å²) in [4.78, 5) is 72.6. The summed E-state index contributed by atoms with van der Waals surface area (Å²) in [6, 6.07) is 0. The normalized spacial score (nSPS) is 14.4. The van der Waals surface area contributed by atoms with E-state index in [9.17, 15) is 43.2 Å². The van der Waals surface area contributed by atoms with Crippen molar-refractivity contribution in [1.82, 2.24) is 0 Å². The predicted molar refractivity (Wildman–Crippen MR) is 368 cm³/mol. The molecule has 0 saturated carbocycles. The Balaban J connectivity index is 5.24. The lowest BCUT2D eigenvalue weighted by molar-refractivity contribution is -0.161. The number of aliphatic hydroxyl groups is 1. The molecule has 3 N–H and O–H groups in total. The van der Waals surface area contributed by atoms with Crippen LogP contribution in [0.2, 0.25) is 0 Å². The molecule has 6 atom stereocenters. The summed E-state index contributed by atoms with van der Waals surface area (Å²) < 4.78 is 68.3. The molecule has 0 aliphatic carbocycles. The maximum atomic E-state index is 13.0. The first kappa shape index (κ1) is 89.1. The van der Waals surface area contributed by atoms with Crippen LogP contribution in [0.1, 0.15) is 369 Å². The van der Waals surface area contributed by atoms with E-state index in [1.807, 2.05) is 0 Å². The van der Waals surface area contributed by atoms with Crippen molar-refractivity contribution in [2.45, 2.75) is 387 Å². The molecule has 0 aromatic heterocycles. The lowest BCUT2D eigenvalue weighted by Gasteiger charge is -2.21. The molecule has 0 bridgehead atoms. The Hall–Kier alpha value is -1.94. The van der Waals surface area contributed by atoms with Gasteiger partial charge in [0, 0.05) is 25.7 Å². The summed E-state index contributed by atoms with van der Waals surface area (Å²) >= 11 is 0. The molecule has 0 rings (SSSR count). The minimum atomic E-state index is -4.95. The van der Waals surface area contributed by atoms with Gasteiger partial charge in [-0.25, -0.2) is 9.13 Å². The van der Waals surface area contributed by atoms with Crippen LogP contribution >= 0.6 is 15.6 Å². The van der Waals surface area contributed by atoms with E-state index in [4.69, 9.17) is 37.0 Å². The Morgan fingerprint density at radius 2 is 0.560 bits per heavy atom. The highest BCUT2D eigenvalue weighted by molar-refractivity contribution is 7.47. The quantitative estimate of drug-likeness (QED) is 0.0222. The molecule has 0 aromatic carbocycles. The molecule has 0 aliphatic heterocycles. The maximum Gasteiger partial charge on any atom is 0.472 e. The van der Waals surface area contributed by atoms with Gasteiger partial charge in [-0.05, 0) is 37.5 Å². The molecular weight excluding hydrogens is 1200 g/mol. The number of carbonyl (C=O) groups is 4. The van der Waals surface area contributed by atoms with Gasteiger partial charge in [0.25, 0.3) is 0 Å². The predicted octanol–water partition coefficient (Wildman–Crippen LogP) is 20.8. The standard InChI is InChI=1S/C72H140O17P2/c1-7-10-12-14-16-18-20-21-22-23-24-29-33-37-44-50-56-71(76)88-67(60-82-70(75)55-49-43-36-32-28-26-25-27-30-34-40-46-52-64(4)5)62-86-90(78,79)84-58-66(73)59-85-91(80,81)87-63-68(89-72(77)57-51-45-39-38-41-47-53-65(6)9-3)61-83-69(74)54-48-42-35-31-19-17-15-13-11-8-2/h64-68,73H,7-63H2,1-6H3,(H,78,79)(H,80,81)/t65?,66-,67-,68-/m1/s1. The minimum absolute atomic E-state index is 0.103. The number of rotatable bonds is 71. The van der Waals surface area contributed by atoms with E-state index >= 15 is 0 Å². The van der Waals surface area contributed by atoms with Crippen LogP contribution in [0.4, 0.5) is 0 Å². The maximum absolute atomic E-state index is 13.0. The van der Waals surface area contributed by atoms with Crippen LogP contribution in [0, 0.1) is 11.8 Å². The molecule has 3 unspecified atom stereocenters. The zero-order valence-corrected chi connectivity index (χ0v) is 60.9. The third-order valence-electron chi connectivity index (χ3n) is 17.1. The number of phosphoric ester groups is 2. The molecule has 17 nitrogen and oxygen atoms in total. The van der Waals surface area contributed by atoms with Crippen LogP contribution in [0.25, 0.3) is 0 Å². The summed E-state index contributed by atoms with van der Waals surface area (Å²) in [7, 11) is -9.90. The van der Waals surface area contributed by atoms with Crippen molar-refractivity contribution >= 4 is 39.5 Å². The van der Waals surface area contributed by atoms with Crippen LogP contribution in [-0.2, 0) is 65.4 Å². The van der Waals surface area contributed by atoms with Gasteiger partial charge in [0.1, 0.15) is 19.3 Å². The van der Waals surface area contributed by atoms with Crippen molar-refractivity contribution in [1.29, 1.82) is 0 Å². The second kappa shape index (κ2) is 64.1. The SMILES string of the molecule is CCCCCCCCCCCCCCCCCCC(=O)O[C@H](COC(=O)CCCCCCCCCCCCCCC(C)C)COP(=O)(O)OC[C@@H](O)COP(=O)(O)OC[C@@H](COC(=O)CCCCCCCCCCCC)OC(=O)CCCCCCCCC(C)CC. The van der Waals surface area contributed by atoms with Gasteiger partial charge in [-0.2, -0.15) is 0 Å². The Labute approximate surface area is 556 Å². The number of phosphoric acid groups is 2. The van der Waals surface area contributed by atoms with E-state index in [0.29, 0.717) is 25.7 Å². The lowest BCUT2D eigenvalue weighted by atomic mass is 10.00. The average molecular weight is 1340 g/mol. The number of carbonyl (C=O) groups excluding carboxylic acids is 4. The first-order valence-corrected chi connectivity index (χ1v) is 40.5. The molecule has 19 heteroatoms. The van der Waals surface area contributed by atoms with E-state index in [-0.39, 0.29) is 25.7 Å². The van der Waals surface area contributed by atoms with E-state index in [0.717, 1.165) is 102 Å². The summed E-state index contributed by atoms with van der Waals surface area (Å²) in [5.74, 6) is -0.621. The zero-order chi connectivity index (χ0) is 67.2. The monoisotopic (exact) mass is 1340 g/mol. The number of hydrogen-bond acceptors (Lipinski definition) is 15. The Morgan fingerprint density at radius 1 is 0.319 bits per heavy atom. The van der Waals surface area contributed by atoms with Gasteiger partial charge in [-0.1, -0.05) is 318 Å². The number of esters is 4. The summed E-state index contributed by atoms with van der Waals surface area (Å²) in [6.07, 6.45) is 49.9. The fourth-order valence-electron chi connectivity index (χ4n) is 10.9. The summed E-state index contributed by atoms with van der Waals surface area (Å²) in [5.41, 5.74) is 0. The Bertz CT molecular complexity index is 1770. The van der Waals surface area contributed by atoms with E-state index in [1.54, 1.807) is 0 Å². The molecule has 0 radical (unpaired) electrons. The minimum Gasteiger partial charge on any atom is -0.462 e. The molecule has 0 saturated heterocycles. The molecule has 540 valence electrons. The van der Waals surface area contributed by atoms with Gasteiger partial charge in [0.05, 0.1) is 26.4 Å². The highest BCUT2D eigenvalue weighted by atomic mass is 31.2. The molecule has 0 heterocycles. The van der Waals surface area contributed by atoms with E-state index in [1.165, 1.54) is 186 Å². The van der Waals surface area contributed by atoms with E-state index in [2.05, 4.69) is 41.5 Å². The van der Waals surface area contributed by atoms with Crippen molar-refractivity contribution in [3.8, 4) is 0 Å². The molecule has 91 heavy (non-hydrogen) atoms. The van der Waals surface area contributed by atoms with Crippen molar-refractivity contribution in [3.63, 3.8) is 0 Å². The Morgan fingerprint density at radius 3 is 0.835 bits per heavy atom. The number of unbranched alkanes of at least 4 members (excludes halogenated alkanes) is 40.